The number of carbonyl (C=O) groups is 3. The number of primary amides is 1. The Morgan fingerprint density at radius 1 is 0.833 bits per heavy atom. The molecule has 0 radical (unpaired) electrons. The third-order valence-corrected chi connectivity index (χ3v) is 5.17. The summed E-state index contributed by atoms with van der Waals surface area (Å²) in [5, 5.41) is 15.4. The normalized spacial score (nSPS) is 13.8. The summed E-state index contributed by atoms with van der Waals surface area (Å²) < 4.78 is 21.2. The highest BCUT2D eigenvalue weighted by Crippen LogP contribution is 2.11. The molecule has 3 atom stereocenters. The average Bonchev–Trinajstić information content (AvgIpc) is 2.82. The van der Waals surface area contributed by atoms with Crippen molar-refractivity contribution < 1.29 is 38.4 Å². The standard InChI is InChI=1S/C24H48N4O8/c1-4-33-12-13-35-16-17-36-15-14-34-11-9-21(30)27-19(8-10-25)24(32)28-22(23(26)31)20(29)7-5-6-18(2)3/h18-20,22,29H,4-17,25H2,1-3H3,(H2,26,31)(H,27,30)(H,28,32)/t19-,20+,22-/m0/s1. The molecular formula is C24H48N4O8. The minimum absolute atomic E-state index is 0.0337. The minimum atomic E-state index is -1.25. The van der Waals surface area contributed by atoms with Crippen molar-refractivity contribution in [2.75, 3.05) is 59.4 Å². The Bertz CT molecular complexity index is 594. The zero-order valence-corrected chi connectivity index (χ0v) is 22.2. The van der Waals surface area contributed by atoms with Gasteiger partial charge in [-0.1, -0.05) is 26.7 Å². The van der Waals surface area contributed by atoms with Crippen molar-refractivity contribution in [3.8, 4) is 0 Å². The van der Waals surface area contributed by atoms with Crippen molar-refractivity contribution in [3.63, 3.8) is 0 Å². The van der Waals surface area contributed by atoms with Gasteiger partial charge in [-0.25, -0.2) is 0 Å². The number of ether oxygens (including phenoxy) is 4. The largest absolute Gasteiger partial charge is 0.390 e. The molecule has 0 aromatic rings. The molecule has 0 aliphatic rings. The second kappa shape index (κ2) is 22.4. The number of aliphatic hydroxyl groups is 1. The van der Waals surface area contributed by atoms with Crippen molar-refractivity contribution in [2.45, 2.75) is 71.1 Å². The number of carbonyl (C=O) groups excluding carboxylic acids is 3. The summed E-state index contributed by atoms with van der Waals surface area (Å²) in [5.41, 5.74) is 11.0. The van der Waals surface area contributed by atoms with E-state index in [4.69, 9.17) is 30.4 Å². The quantitative estimate of drug-likeness (QED) is 0.104. The van der Waals surface area contributed by atoms with Gasteiger partial charge in [0, 0.05) is 13.0 Å². The van der Waals surface area contributed by atoms with Crippen molar-refractivity contribution in [3.05, 3.63) is 0 Å². The Labute approximate surface area is 215 Å². The van der Waals surface area contributed by atoms with Crippen LogP contribution in [0.1, 0.15) is 52.9 Å². The van der Waals surface area contributed by atoms with Crippen LogP contribution in [0.2, 0.25) is 0 Å². The molecule has 0 rings (SSSR count). The van der Waals surface area contributed by atoms with Crippen LogP contribution >= 0.6 is 0 Å². The van der Waals surface area contributed by atoms with E-state index in [-0.39, 0.29) is 26.0 Å². The molecule has 0 aromatic heterocycles. The van der Waals surface area contributed by atoms with Gasteiger partial charge in [0.2, 0.25) is 17.7 Å². The third kappa shape index (κ3) is 18.4. The number of hydrogen-bond donors (Lipinski definition) is 5. The molecule has 0 bridgehead atoms. The van der Waals surface area contributed by atoms with Gasteiger partial charge in [0.15, 0.2) is 0 Å². The first-order chi connectivity index (χ1) is 17.2. The summed E-state index contributed by atoms with van der Waals surface area (Å²) in [5.74, 6) is -1.42. The highest BCUT2D eigenvalue weighted by molar-refractivity contribution is 5.91. The van der Waals surface area contributed by atoms with Crippen LogP contribution in [0.15, 0.2) is 0 Å². The maximum absolute atomic E-state index is 12.7. The molecule has 0 aliphatic carbocycles. The summed E-state index contributed by atoms with van der Waals surface area (Å²) in [7, 11) is 0. The predicted octanol–water partition coefficient (Wildman–Crippen LogP) is -0.546. The molecule has 0 saturated heterocycles. The van der Waals surface area contributed by atoms with Crippen LogP contribution in [-0.4, -0.2) is 100 Å². The van der Waals surface area contributed by atoms with Gasteiger partial charge in [-0.3, -0.25) is 14.4 Å². The summed E-state index contributed by atoms with van der Waals surface area (Å²) >= 11 is 0. The van der Waals surface area contributed by atoms with Gasteiger partial charge < -0.3 is 46.2 Å². The van der Waals surface area contributed by atoms with Gasteiger partial charge in [-0.05, 0) is 32.2 Å². The zero-order valence-electron chi connectivity index (χ0n) is 22.2. The third-order valence-electron chi connectivity index (χ3n) is 5.17. The van der Waals surface area contributed by atoms with Crippen LogP contribution < -0.4 is 22.1 Å². The Morgan fingerprint density at radius 2 is 1.39 bits per heavy atom. The SMILES string of the molecule is CCOCCOCCOCCOCCC(=O)N[C@@H](CCN)C(=O)N[C@H](C(N)=O)[C@H](O)CCCC(C)C. The Kier molecular flexibility index (Phi) is 21.2. The van der Waals surface area contributed by atoms with E-state index in [1.165, 1.54) is 0 Å². The molecule has 12 heteroatoms. The van der Waals surface area contributed by atoms with E-state index in [0.29, 0.717) is 65.0 Å². The molecule has 0 aliphatic heterocycles. The monoisotopic (exact) mass is 520 g/mol. The van der Waals surface area contributed by atoms with Gasteiger partial charge in [-0.15, -0.1) is 0 Å². The molecule has 0 saturated carbocycles. The van der Waals surface area contributed by atoms with Crippen molar-refractivity contribution in [1.82, 2.24) is 10.6 Å². The first-order valence-corrected chi connectivity index (χ1v) is 12.8. The van der Waals surface area contributed by atoms with Gasteiger partial charge in [-0.2, -0.15) is 0 Å². The predicted molar refractivity (Wildman–Crippen MR) is 135 cm³/mol. The fourth-order valence-corrected chi connectivity index (χ4v) is 3.18. The molecule has 0 fully saturated rings. The number of rotatable bonds is 24. The van der Waals surface area contributed by atoms with Crippen molar-refractivity contribution in [2.24, 2.45) is 17.4 Å². The molecule has 7 N–H and O–H groups in total. The number of aliphatic hydroxyl groups excluding tert-OH is 1. The Balaban J connectivity index is 4.27. The number of nitrogens with one attached hydrogen (secondary N) is 2. The number of amides is 3. The fourth-order valence-electron chi connectivity index (χ4n) is 3.18. The molecule has 3 amide bonds. The molecule has 12 nitrogen and oxygen atoms in total. The van der Waals surface area contributed by atoms with E-state index in [9.17, 15) is 19.5 Å². The number of nitrogens with two attached hydrogens (primary N) is 2. The smallest absolute Gasteiger partial charge is 0.243 e. The van der Waals surface area contributed by atoms with Gasteiger partial charge >= 0.3 is 0 Å². The second-order valence-corrected chi connectivity index (χ2v) is 8.76. The summed E-state index contributed by atoms with van der Waals surface area (Å²) in [4.78, 5) is 36.8. The lowest BCUT2D eigenvalue weighted by Crippen LogP contribution is -2.57. The topological polar surface area (TPSA) is 184 Å². The molecule has 36 heavy (non-hydrogen) atoms. The van der Waals surface area contributed by atoms with Crippen LogP contribution in [0, 0.1) is 5.92 Å². The van der Waals surface area contributed by atoms with Crippen LogP contribution in [0.3, 0.4) is 0 Å². The highest BCUT2D eigenvalue weighted by atomic mass is 16.6. The molecule has 0 spiro atoms. The highest BCUT2D eigenvalue weighted by Gasteiger charge is 2.29. The van der Waals surface area contributed by atoms with Gasteiger partial charge in [0.05, 0.1) is 52.4 Å². The summed E-state index contributed by atoms with van der Waals surface area (Å²) in [6.45, 7) is 9.64. The van der Waals surface area contributed by atoms with Crippen LogP contribution in [-0.2, 0) is 33.3 Å². The van der Waals surface area contributed by atoms with Crippen LogP contribution in [0.25, 0.3) is 0 Å². The minimum Gasteiger partial charge on any atom is -0.390 e. The van der Waals surface area contributed by atoms with E-state index in [2.05, 4.69) is 24.5 Å². The van der Waals surface area contributed by atoms with E-state index in [1.54, 1.807) is 0 Å². The molecular weight excluding hydrogens is 472 g/mol. The second-order valence-electron chi connectivity index (χ2n) is 8.76. The lowest BCUT2D eigenvalue weighted by Gasteiger charge is -2.25. The summed E-state index contributed by atoms with van der Waals surface area (Å²) in [6, 6.07) is -2.21. The molecule has 0 unspecified atom stereocenters. The Morgan fingerprint density at radius 3 is 1.89 bits per heavy atom. The van der Waals surface area contributed by atoms with Crippen molar-refractivity contribution >= 4 is 17.7 Å². The zero-order chi connectivity index (χ0) is 27.2. The van der Waals surface area contributed by atoms with Crippen LogP contribution in [0.4, 0.5) is 0 Å². The first-order valence-electron chi connectivity index (χ1n) is 12.8. The van der Waals surface area contributed by atoms with E-state index >= 15 is 0 Å². The molecule has 0 heterocycles. The molecule has 0 aromatic carbocycles. The summed E-state index contributed by atoms with van der Waals surface area (Å²) in [6.07, 6.45) is 0.966. The fraction of sp³-hybridized carbons (Fsp3) is 0.875. The van der Waals surface area contributed by atoms with E-state index in [1.807, 2.05) is 6.92 Å². The van der Waals surface area contributed by atoms with E-state index < -0.39 is 35.9 Å². The van der Waals surface area contributed by atoms with Gasteiger partial charge in [0.1, 0.15) is 12.1 Å². The number of hydrogen-bond acceptors (Lipinski definition) is 9. The maximum Gasteiger partial charge on any atom is 0.243 e. The van der Waals surface area contributed by atoms with E-state index in [0.717, 1.165) is 6.42 Å². The maximum atomic E-state index is 12.7. The Hall–Kier alpha value is -1.83. The lowest BCUT2D eigenvalue weighted by molar-refractivity contribution is -0.133. The average molecular weight is 521 g/mol. The van der Waals surface area contributed by atoms with Crippen molar-refractivity contribution in [1.29, 1.82) is 0 Å². The van der Waals surface area contributed by atoms with Gasteiger partial charge in [0.25, 0.3) is 0 Å². The molecule has 212 valence electrons. The van der Waals surface area contributed by atoms with Crippen LogP contribution in [0.5, 0.6) is 0 Å². The first kappa shape index (κ1) is 34.2. The lowest BCUT2D eigenvalue weighted by atomic mass is 9.99.